The van der Waals surface area contributed by atoms with Gasteiger partial charge in [-0.15, -0.1) is 12.4 Å². The van der Waals surface area contributed by atoms with Gasteiger partial charge in [0.2, 0.25) is 5.91 Å². The fourth-order valence-electron chi connectivity index (χ4n) is 5.00. The van der Waals surface area contributed by atoms with Crippen molar-refractivity contribution in [1.82, 2.24) is 10.2 Å². The van der Waals surface area contributed by atoms with Crippen LogP contribution in [-0.4, -0.2) is 44.1 Å². The number of halogens is 1. The molecule has 4 nitrogen and oxygen atoms in total. The van der Waals surface area contributed by atoms with Gasteiger partial charge in [-0.3, -0.25) is 4.79 Å². The molecule has 1 saturated carbocycles. The minimum Gasteiger partial charge on any atom is -0.497 e. The number of carbonyl (C=O) groups excluding carboxylic acids is 1. The van der Waals surface area contributed by atoms with Gasteiger partial charge in [-0.2, -0.15) is 0 Å². The van der Waals surface area contributed by atoms with Crippen molar-refractivity contribution >= 4 is 18.3 Å². The summed E-state index contributed by atoms with van der Waals surface area (Å²) in [5.74, 6) is 2.47. The quantitative estimate of drug-likeness (QED) is 0.831. The van der Waals surface area contributed by atoms with Gasteiger partial charge in [-0.25, -0.2) is 0 Å². The molecule has 0 bridgehead atoms. The molecule has 0 aromatic heterocycles. The summed E-state index contributed by atoms with van der Waals surface area (Å²) in [4.78, 5) is 15.0. The Labute approximate surface area is 169 Å². The van der Waals surface area contributed by atoms with E-state index in [1.54, 1.807) is 7.11 Å². The van der Waals surface area contributed by atoms with Crippen molar-refractivity contribution in [3.05, 3.63) is 29.8 Å². The Balaban J connectivity index is 0.00000210. The Morgan fingerprint density at radius 2 is 1.85 bits per heavy atom. The van der Waals surface area contributed by atoms with E-state index in [1.165, 1.54) is 37.7 Å². The monoisotopic (exact) mass is 392 g/mol. The highest BCUT2D eigenvalue weighted by Crippen LogP contribution is 2.59. The lowest BCUT2D eigenvalue weighted by atomic mass is 9.89. The predicted octanol–water partition coefficient (Wildman–Crippen LogP) is 3.68. The van der Waals surface area contributed by atoms with Crippen LogP contribution in [0.1, 0.15) is 44.1 Å². The number of piperidine rings is 2. The van der Waals surface area contributed by atoms with E-state index >= 15 is 0 Å². The van der Waals surface area contributed by atoms with E-state index in [4.69, 9.17) is 4.74 Å². The molecule has 5 heteroatoms. The third-order valence-corrected chi connectivity index (χ3v) is 7.01. The van der Waals surface area contributed by atoms with Crippen molar-refractivity contribution in [2.24, 2.45) is 17.3 Å². The summed E-state index contributed by atoms with van der Waals surface area (Å²) in [6.07, 6.45) is 8.23. The zero-order valence-corrected chi connectivity index (χ0v) is 17.2. The van der Waals surface area contributed by atoms with Gasteiger partial charge in [-0.1, -0.05) is 12.1 Å². The molecule has 1 spiro atoms. The van der Waals surface area contributed by atoms with Crippen molar-refractivity contribution in [3.63, 3.8) is 0 Å². The summed E-state index contributed by atoms with van der Waals surface area (Å²) in [7, 11) is 1.71. The van der Waals surface area contributed by atoms with Gasteiger partial charge in [0.15, 0.2) is 0 Å². The zero-order valence-electron chi connectivity index (χ0n) is 16.4. The summed E-state index contributed by atoms with van der Waals surface area (Å²) >= 11 is 0. The molecular formula is C22H33ClN2O2. The van der Waals surface area contributed by atoms with Crippen molar-refractivity contribution in [3.8, 4) is 5.75 Å². The lowest BCUT2D eigenvalue weighted by molar-refractivity contribution is -0.135. The maximum absolute atomic E-state index is 12.9. The molecule has 1 aromatic rings. The number of carbonyl (C=O) groups is 1. The third-order valence-electron chi connectivity index (χ3n) is 7.01. The number of aryl methyl sites for hydroxylation is 1. The first-order valence-corrected chi connectivity index (χ1v) is 10.3. The molecule has 2 heterocycles. The number of rotatable bonds is 5. The van der Waals surface area contributed by atoms with Crippen LogP contribution in [0.15, 0.2) is 24.3 Å². The molecule has 1 aromatic carbocycles. The first-order chi connectivity index (χ1) is 12.7. The second-order valence-electron chi connectivity index (χ2n) is 8.52. The van der Waals surface area contributed by atoms with Gasteiger partial charge in [0.05, 0.1) is 7.11 Å². The third kappa shape index (κ3) is 4.60. The van der Waals surface area contributed by atoms with E-state index in [-0.39, 0.29) is 12.4 Å². The molecule has 1 atom stereocenters. The van der Waals surface area contributed by atoms with E-state index in [2.05, 4.69) is 22.3 Å². The van der Waals surface area contributed by atoms with Crippen molar-refractivity contribution < 1.29 is 9.53 Å². The molecule has 3 aliphatic rings. The lowest BCUT2D eigenvalue weighted by Gasteiger charge is -2.33. The SMILES string of the molecule is COc1ccc(CCC2CCN(C(=O)C3CC34CCNCC4)CC2)cc1.Cl. The largest absolute Gasteiger partial charge is 0.497 e. The van der Waals surface area contributed by atoms with Crippen LogP contribution < -0.4 is 10.1 Å². The normalized spacial score (nSPS) is 24.3. The lowest BCUT2D eigenvalue weighted by Crippen LogP contribution is -2.41. The topological polar surface area (TPSA) is 41.6 Å². The maximum atomic E-state index is 12.9. The second-order valence-corrected chi connectivity index (χ2v) is 8.52. The van der Waals surface area contributed by atoms with Crippen LogP contribution in [0.2, 0.25) is 0 Å². The number of nitrogens with one attached hydrogen (secondary N) is 1. The van der Waals surface area contributed by atoms with Gasteiger partial charge in [0, 0.05) is 19.0 Å². The highest BCUT2D eigenvalue weighted by molar-refractivity contribution is 5.85. The van der Waals surface area contributed by atoms with E-state index in [0.717, 1.165) is 50.7 Å². The predicted molar refractivity (Wildman–Crippen MR) is 111 cm³/mol. The van der Waals surface area contributed by atoms with Gasteiger partial charge < -0.3 is 15.0 Å². The van der Waals surface area contributed by atoms with Crippen LogP contribution in [0, 0.1) is 17.3 Å². The average molecular weight is 393 g/mol. The molecule has 4 rings (SSSR count). The van der Waals surface area contributed by atoms with Crippen molar-refractivity contribution in [2.45, 2.75) is 44.9 Å². The molecule has 1 aliphatic carbocycles. The average Bonchev–Trinajstić information content (AvgIpc) is 3.39. The Morgan fingerprint density at radius 3 is 2.48 bits per heavy atom. The summed E-state index contributed by atoms with van der Waals surface area (Å²) in [6.45, 7) is 4.13. The summed E-state index contributed by atoms with van der Waals surface area (Å²) in [5, 5.41) is 3.43. The number of hydrogen-bond acceptors (Lipinski definition) is 3. The zero-order chi connectivity index (χ0) is 18.0. The van der Waals surface area contributed by atoms with Crippen molar-refractivity contribution in [1.29, 1.82) is 0 Å². The highest BCUT2D eigenvalue weighted by Gasteiger charge is 2.58. The molecular weight excluding hydrogens is 360 g/mol. The second kappa shape index (κ2) is 8.83. The number of amides is 1. The smallest absolute Gasteiger partial charge is 0.226 e. The Bertz CT molecular complexity index is 620. The summed E-state index contributed by atoms with van der Waals surface area (Å²) in [5.41, 5.74) is 1.75. The van der Waals surface area contributed by atoms with Crippen LogP contribution in [-0.2, 0) is 11.2 Å². The fraction of sp³-hybridized carbons (Fsp3) is 0.682. The van der Waals surface area contributed by atoms with E-state index in [0.29, 0.717) is 17.2 Å². The minimum absolute atomic E-state index is 0. The summed E-state index contributed by atoms with van der Waals surface area (Å²) < 4.78 is 5.22. The van der Waals surface area contributed by atoms with Crippen LogP contribution >= 0.6 is 12.4 Å². The maximum Gasteiger partial charge on any atom is 0.226 e. The molecule has 2 aliphatic heterocycles. The first-order valence-electron chi connectivity index (χ1n) is 10.3. The summed E-state index contributed by atoms with van der Waals surface area (Å²) in [6, 6.07) is 8.43. The molecule has 150 valence electrons. The Kier molecular flexibility index (Phi) is 6.69. The van der Waals surface area contributed by atoms with Crippen LogP contribution in [0.25, 0.3) is 0 Å². The molecule has 0 radical (unpaired) electrons. The highest BCUT2D eigenvalue weighted by atomic mass is 35.5. The fourth-order valence-corrected chi connectivity index (χ4v) is 5.00. The number of methoxy groups -OCH3 is 1. The number of ether oxygens (including phenoxy) is 1. The van der Waals surface area contributed by atoms with Gasteiger partial charge >= 0.3 is 0 Å². The number of hydrogen-bond donors (Lipinski definition) is 1. The first kappa shape index (κ1) is 20.5. The molecule has 27 heavy (non-hydrogen) atoms. The van der Waals surface area contributed by atoms with Gasteiger partial charge in [0.25, 0.3) is 0 Å². The Hall–Kier alpha value is -1.26. The van der Waals surface area contributed by atoms with Crippen LogP contribution in [0.5, 0.6) is 5.75 Å². The Morgan fingerprint density at radius 1 is 1.19 bits per heavy atom. The van der Waals surface area contributed by atoms with Crippen LogP contribution in [0.3, 0.4) is 0 Å². The van der Waals surface area contributed by atoms with Gasteiger partial charge in [0.1, 0.15) is 5.75 Å². The minimum atomic E-state index is 0. The van der Waals surface area contributed by atoms with Gasteiger partial charge in [-0.05, 0) is 87.1 Å². The van der Waals surface area contributed by atoms with Crippen molar-refractivity contribution in [2.75, 3.05) is 33.3 Å². The molecule has 3 fully saturated rings. The molecule has 1 unspecified atom stereocenters. The number of nitrogens with zero attached hydrogens (tertiary/aromatic N) is 1. The molecule has 1 N–H and O–H groups in total. The van der Waals surface area contributed by atoms with Crippen LogP contribution in [0.4, 0.5) is 0 Å². The van der Waals surface area contributed by atoms with E-state index in [1.807, 2.05) is 12.1 Å². The number of likely N-dealkylation sites (tertiary alicyclic amines) is 1. The number of benzene rings is 1. The standard InChI is InChI=1S/C22H32N2O2.ClH/c1-26-19-6-4-17(5-7-19)2-3-18-8-14-24(15-9-18)21(25)20-16-22(20)10-12-23-13-11-22;/h4-7,18,20,23H,2-3,8-16H2,1H3;1H. The molecule has 2 saturated heterocycles. The van der Waals surface area contributed by atoms with E-state index in [9.17, 15) is 4.79 Å². The van der Waals surface area contributed by atoms with E-state index < -0.39 is 0 Å². The molecule has 1 amide bonds.